The van der Waals surface area contributed by atoms with Gasteiger partial charge in [-0.25, -0.2) is 4.98 Å². The SMILES string of the molecule is CC1(CNC(=O)c2ncccc2O)CCC(=O)N1. The summed E-state index contributed by atoms with van der Waals surface area (Å²) in [5, 5.41) is 15.0. The average Bonchev–Trinajstić information content (AvgIpc) is 2.68. The number of nitrogens with zero attached hydrogens (tertiary/aromatic N) is 1. The normalized spacial score (nSPS) is 22.6. The Bertz CT molecular complexity index is 489. The Labute approximate surface area is 104 Å². The Morgan fingerprint density at radius 3 is 3.06 bits per heavy atom. The smallest absolute Gasteiger partial charge is 0.273 e. The fourth-order valence-electron chi connectivity index (χ4n) is 1.91. The van der Waals surface area contributed by atoms with Crippen LogP contribution in [-0.4, -0.2) is 34.0 Å². The molecule has 6 nitrogen and oxygen atoms in total. The van der Waals surface area contributed by atoms with E-state index in [-0.39, 0.29) is 17.4 Å². The first kappa shape index (κ1) is 12.3. The summed E-state index contributed by atoms with van der Waals surface area (Å²) in [6.07, 6.45) is 2.59. The van der Waals surface area contributed by atoms with Gasteiger partial charge in [-0.1, -0.05) is 0 Å². The number of carbonyl (C=O) groups is 2. The molecule has 3 N–H and O–H groups in total. The van der Waals surface area contributed by atoms with Gasteiger partial charge < -0.3 is 15.7 Å². The highest BCUT2D eigenvalue weighted by Crippen LogP contribution is 2.19. The van der Waals surface area contributed by atoms with Crippen LogP contribution in [0.4, 0.5) is 0 Å². The van der Waals surface area contributed by atoms with Crippen molar-refractivity contribution < 1.29 is 14.7 Å². The van der Waals surface area contributed by atoms with Gasteiger partial charge in [0.25, 0.3) is 5.91 Å². The number of carbonyl (C=O) groups excluding carboxylic acids is 2. The van der Waals surface area contributed by atoms with Crippen LogP contribution in [0.2, 0.25) is 0 Å². The van der Waals surface area contributed by atoms with Crippen molar-refractivity contribution in [2.45, 2.75) is 25.3 Å². The molecule has 0 saturated carbocycles. The van der Waals surface area contributed by atoms with Gasteiger partial charge >= 0.3 is 0 Å². The van der Waals surface area contributed by atoms with E-state index >= 15 is 0 Å². The van der Waals surface area contributed by atoms with E-state index in [4.69, 9.17) is 0 Å². The first-order valence-electron chi connectivity index (χ1n) is 5.73. The van der Waals surface area contributed by atoms with Crippen molar-refractivity contribution in [1.29, 1.82) is 0 Å². The van der Waals surface area contributed by atoms with Crippen LogP contribution in [0.3, 0.4) is 0 Å². The van der Waals surface area contributed by atoms with Crippen LogP contribution in [0.5, 0.6) is 5.75 Å². The number of pyridine rings is 1. The van der Waals surface area contributed by atoms with Gasteiger partial charge in [0.15, 0.2) is 5.69 Å². The largest absolute Gasteiger partial charge is 0.505 e. The minimum absolute atomic E-state index is 0.00701. The lowest BCUT2D eigenvalue weighted by atomic mass is 10.0. The number of hydrogen-bond donors (Lipinski definition) is 3. The molecule has 0 aliphatic carbocycles. The lowest BCUT2D eigenvalue weighted by Gasteiger charge is -2.24. The summed E-state index contributed by atoms with van der Waals surface area (Å²) in [7, 11) is 0. The zero-order chi connectivity index (χ0) is 13.2. The third kappa shape index (κ3) is 2.58. The van der Waals surface area contributed by atoms with Crippen LogP contribution in [0.25, 0.3) is 0 Å². The molecule has 1 unspecified atom stereocenters. The van der Waals surface area contributed by atoms with Gasteiger partial charge in [0.1, 0.15) is 5.75 Å². The lowest BCUT2D eigenvalue weighted by molar-refractivity contribution is -0.119. The quantitative estimate of drug-likeness (QED) is 0.713. The molecule has 0 spiro atoms. The van der Waals surface area contributed by atoms with Crippen molar-refractivity contribution in [1.82, 2.24) is 15.6 Å². The highest BCUT2D eigenvalue weighted by Gasteiger charge is 2.33. The molecule has 2 rings (SSSR count). The predicted molar refractivity (Wildman–Crippen MR) is 64.0 cm³/mol. The van der Waals surface area contributed by atoms with Crippen molar-refractivity contribution >= 4 is 11.8 Å². The second-order valence-electron chi connectivity index (χ2n) is 4.66. The molecule has 1 aliphatic heterocycles. The molecule has 0 radical (unpaired) electrons. The van der Waals surface area contributed by atoms with E-state index in [1.165, 1.54) is 12.3 Å². The minimum Gasteiger partial charge on any atom is -0.505 e. The first-order valence-corrected chi connectivity index (χ1v) is 5.73. The summed E-state index contributed by atoms with van der Waals surface area (Å²) in [5.74, 6) is -0.612. The second-order valence-corrected chi connectivity index (χ2v) is 4.66. The molecule has 96 valence electrons. The van der Waals surface area contributed by atoms with Crippen LogP contribution in [0.1, 0.15) is 30.3 Å². The summed E-state index contributed by atoms with van der Waals surface area (Å²) >= 11 is 0. The van der Waals surface area contributed by atoms with Gasteiger partial charge in [0.05, 0.1) is 5.54 Å². The maximum absolute atomic E-state index is 11.8. The number of rotatable bonds is 3. The monoisotopic (exact) mass is 249 g/mol. The van der Waals surface area contributed by atoms with Crippen LogP contribution < -0.4 is 10.6 Å². The highest BCUT2D eigenvalue weighted by atomic mass is 16.3. The van der Waals surface area contributed by atoms with Crippen molar-refractivity contribution in [2.75, 3.05) is 6.54 Å². The van der Waals surface area contributed by atoms with Gasteiger partial charge in [-0.15, -0.1) is 0 Å². The summed E-state index contributed by atoms with van der Waals surface area (Å²) in [4.78, 5) is 26.8. The molecular formula is C12H15N3O3. The van der Waals surface area contributed by atoms with E-state index in [1.54, 1.807) is 6.07 Å². The molecule has 18 heavy (non-hydrogen) atoms. The van der Waals surface area contributed by atoms with Crippen LogP contribution in [0.15, 0.2) is 18.3 Å². The summed E-state index contributed by atoms with van der Waals surface area (Å²) in [5.41, 5.74) is -0.428. The molecule has 2 amide bonds. The molecule has 1 aliphatic rings. The number of aromatic nitrogens is 1. The summed E-state index contributed by atoms with van der Waals surface area (Å²) in [6, 6.07) is 2.95. The topological polar surface area (TPSA) is 91.3 Å². The van der Waals surface area contributed by atoms with E-state index in [9.17, 15) is 14.7 Å². The third-order valence-corrected chi connectivity index (χ3v) is 2.99. The fourth-order valence-corrected chi connectivity index (χ4v) is 1.91. The van der Waals surface area contributed by atoms with Gasteiger partial charge in [-0.2, -0.15) is 0 Å². The number of aromatic hydroxyl groups is 1. The maximum atomic E-state index is 11.8. The molecule has 1 saturated heterocycles. The Hall–Kier alpha value is -2.11. The molecule has 1 aromatic heterocycles. The molecule has 6 heteroatoms. The van der Waals surface area contributed by atoms with Crippen LogP contribution in [0, 0.1) is 0 Å². The van der Waals surface area contributed by atoms with Crippen molar-refractivity contribution in [3.8, 4) is 5.75 Å². The van der Waals surface area contributed by atoms with Crippen molar-refractivity contribution in [3.05, 3.63) is 24.0 Å². The van der Waals surface area contributed by atoms with Gasteiger partial charge in [-0.05, 0) is 25.5 Å². The zero-order valence-corrected chi connectivity index (χ0v) is 10.1. The second kappa shape index (κ2) is 4.64. The zero-order valence-electron chi connectivity index (χ0n) is 10.1. The van der Waals surface area contributed by atoms with Gasteiger partial charge in [0, 0.05) is 19.2 Å². The number of amides is 2. The standard InChI is InChI=1S/C12H15N3O3/c1-12(5-4-9(17)15-12)7-14-11(18)10-8(16)3-2-6-13-10/h2-3,6,16H,4-5,7H2,1H3,(H,14,18)(H,15,17). The van der Waals surface area contributed by atoms with Crippen LogP contribution >= 0.6 is 0 Å². The molecule has 0 bridgehead atoms. The molecule has 0 aromatic carbocycles. The lowest BCUT2D eigenvalue weighted by Crippen LogP contribution is -2.48. The summed E-state index contributed by atoms with van der Waals surface area (Å²) in [6.45, 7) is 2.18. The summed E-state index contributed by atoms with van der Waals surface area (Å²) < 4.78 is 0. The van der Waals surface area contributed by atoms with E-state index in [1.807, 2.05) is 6.92 Å². The fraction of sp³-hybridized carbons (Fsp3) is 0.417. The average molecular weight is 249 g/mol. The van der Waals surface area contributed by atoms with E-state index in [0.29, 0.717) is 19.4 Å². The number of hydrogen-bond acceptors (Lipinski definition) is 4. The number of nitrogens with one attached hydrogen (secondary N) is 2. The minimum atomic E-state index is -0.449. The molecule has 1 fully saturated rings. The molecular weight excluding hydrogens is 234 g/mol. The van der Waals surface area contributed by atoms with E-state index in [2.05, 4.69) is 15.6 Å². The Morgan fingerprint density at radius 1 is 1.67 bits per heavy atom. The highest BCUT2D eigenvalue weighted by molar-refractivity contribution is 5.94. The van der Waals surface area contributed by atoms with Crippen molar-refractivity contribution in [2.24, 2.45) is 0 Å². The Balaban J connectivity index is 1.97. The Kier molecular flexibility index (Phi) is 3.18. The predicted octanol–water partition coefficient (Wildman–Crippen LogP) is 0.186. The van der Waals surface area contributed by atoms with Gasteiger partial charge in [0.2, 0.25) is 5.91 Å². The Morgan fingerprint density at radius 2 is 2.44 bits per heavy atom. The van der Waals surface area contributed by atoms with Crippen LogP contribution in [-0.2, 0) is 4.79 Å². The molecule has 1 atom stereocenters. The maximum Gasteiger partial charge on any atom is 0.273 e. The van der Waals surface area contributed by atoms with Gasteiger partial charge in [-0.3, -0.25) is 9.59 Å². The first-order chi connectivity index (χ1) is 8.50. The molecule has 1 aromatic rings. The van der Waals surface area contributed by atoms with Crippen molar-refractivity contribution in [3.63, 3.8) is 0 Å². The van der Waals surface area contributed by atoms with E-state index < -0.39 is 11.4 Å². The van der Waals surface area contributed by atoms with E-state index in [0.717, 1.165) is 0 Å². The molecule has 2 heterocycles. The third-order valence-electron chi connectivity index (χ3n) is 2.99.